The molecule has 30 heavy (non-hydrogen) atoms. The highest BCUT2D eigenvalue weighted by atomic mass is 16.6. The van der Waals surface area contributed by atoms with Crippen molar-refractivity contribution in [3.05, 3.63) is 46.3 Å². The summed E-state index contributed by atoms with van der Waals surface area (Å²) in [5, 5.41) is 23.6. The Balaban J connectivity index is 1.81. The SMILES string of the molecule is CCOC(=O)C1CCN(c2ncnc(Nc3ccc(C(=O)O)cc3)c2[N+](=O)[O-])CC1. The highest BCUT2D eigenvalue weighted by Crippen LogP contribution is 2.35. The zero-order chi connectivity index (χ0) is 21.7. The summed E-state index contributed by atoms with van der Waals surface area (Å²) in [6.45, 7) is 2.92. The van der Waals surface area contributed by atoms with Crippen molar-refractivity contribution in [2.75, 3.05) is 29.9 Å². The number of benzene rings is 1. The predicted octanol–water partition coefficient (Wildman–Crippen LogP) is 2.61. The number of nitrogens with zero attached hydrogens (tertiary/aromatic N) is 4. The number of anilines is 3. The van der Waals surface area contributed by atoms with Crippen LogP contribution in [0.3, 0.4) is 0 Å². The molecule has 0 bridgehead atoms. The second-order valence-electron chi connectivity index (χ2n) is 6.67. The lowest BCUT2D eigenvalue weighted by molar-refractivity contribution is -0.383. The number of carbonyl (C=O) groups excluding carboxylic acids is 1. The molecule has 2 heterocycles. The summed E-state index contributed by atoms with van der Waals surface area (Å²) in [7, 11) is 0. The molecule has 0 saturated carbocycles. The minimum Gasteiger partial charge on any atom is -0.478 e. The lowest BCUT2D eigenvalue weighted by Crippen LogP contribution is -2.37. The highest BCUT2D eigenvalue weighted by molar-refractivity contribution is 5.88. The van der Waals surface area contributed by atoms with Crippen LogP contribution in [-0.2, 0) is 9.53 Å². The first-order chi connectivity index (χ1) is 14.4. The van der Waals surface area contributed by atoms with Gasteiger partial charge in [0.05, 0.1) is 23.0 Å². The number of carbonyl (C=O) groups is 2. The van der Waals surface area contributed by atoms with E-state index in [1.54, 1.807) is 11.8 Å². The molecule has 3 rings (SSSR count). The van der Waals surface area contributed by atoms with Gasteiger partial charge in [-0.25, -0.2) is 14.8 Å². The maximum Gasteiger partial charge on any atom is 0.353 e. The molecule has 0 spiro atoms. The van der Waals surface area contributed by atoms with Crippen LogP contribution in [0, 0.1) is 16.0 Å². The smallest absolute Gasteiger partial charge is 0.353 e. The maximum absolute atomic E-state index is 11.9. The van der Waals surface area contributed by atoms with E-state index in [0.29, 0.717) is 38.2 Å². The lowest BCUT2D eigenvalue weighted by atomic mass is 9.97. The van der Waals surface area contributed by atoms with Crippen molar-refractivity contribution >= 4 is 34.9 Å². The number of carboxylic acids is 1. The molecule has 0 aliphatic carbocycles. The summed E-state index contributed by atoms with van der Waals surface area (Å²) in [6, 6.07) is 5.77. The Morgan fingerprint density at radius 1 is 1.27 bits per heavy atom. The van der Waals surface area contributed by atoms with Gasteiger partial charge in [-0.2, -0.15) is 0 Å². The molecule has 11 nitrogen and oxygen atoms in total. The molecule has 1 aliphatic heterocycles. The van der Waals surface area contributed by atoms with Crippen LogP contribution in [0.5, 0.6) is 0 Å². The Labute approximate surface area is 171 Å². The van der Waals surface area contributed by atoms with Crippen LogP contribution in [0.4, 0.5) is 23.0 Å². The summed E-state index contributed by atoms with van der Waals surface area (Å²) < 4.78 is 5.05. The topological polar surface area (TPSA) is 148 Å². The first-order valence-electron chi connectivity index (χ1n) is 9.42. The number of esters is 1. The summed E-state index contributed by atoms with van der Waals surface area (Å²) in [4.78, 5) is 44.0. The molecular formula is C19H21N5O6. The van der Waals surface area contributed by atoms with E-state index in [2.05, 4.69) is 15.3 Å². The molecule has 158 valence electrons. The fourth-order valence-electron chi connectivity index (χ4n) is 3.28. The number of ether oxygens (including phenoxy) is 1. The molecule has 2 N–H and O–H groups in total. The summed E-state index contributed by atoms with van der Waals surface area (Å²) >= 11 is 0. The number of carboxylic acid groups (broad SMARTS) is 1. The molecule has 0 unspecified atom stereocenters. The van der Waals surface area contributed by atoms with Crippen LogP contribution in [0.25, 0.3) is 0 Å². The van der Waals surface area contributed by atoms with Crippen LogP contribution in [0.1, 0.15) is 30.1 Å². The average molecular weight is 415 g/mol. The summed E-state index contributed by atoms with van der Waals surface area (Å²) in [6.07, 6.45) is 2.26. The predicted molar refractivity (Wildman–Crippen MR) is 107 cm³/mol. The lowest BCUT2D eigenvalue weighted by Gasteiger charge is -2.31. The molecule has 0 amide bonds. The van der Waals surface area contributed by atoms with E-state index < -0.39 is 10.9 Å². The number of piperidine rings is 1. The zero-order valence-corrected chi connectivity index (χ0v) is 16.3. The third kappa shape index (κ3) is 4.62. The maximum atomic E-state index is 11.9. The molecule has 1 fully saturated rings. The Kier molecular flexibility index (Phi) is 6.40. The molecule has 2 aromatic rings. The number of aromatic carboxylic acids is 1. The summed E-state index contributed by atoms with van der Waals surface area (Å²) in [5.41, 5.74) is 0.270. The first-order valence-corrected chi connectivity index (χ1v) is 9.42. The van der Waals surface area contributed by atoms with Gasteiger partial charge in [0, 0.05) is 18.8 Å². The van der Waals surface area contributed by atoms with E-state index in [4.69, 9.17) is 9.84 Å². The second-order valence-corrected chi connectivity index (χ2v) is 6.67. The van der Waals surface area contributed by atoms with Crippen molar-refractivity contribution in [3.8, 4) is 0 Å². The molecule has 0 atom stereocenters. The van der Waals surface area contributed by atoms with Crippen LogP contribution in [0.15, 0.2) is 30.6 Å². The highest BCUT2D eigenvalue weighted by Gasteiger charge is 2.32. The molecule has 1 aromatic carbocycles. The Bertz CT molecular complexity index is 941. The van der Waals surface area contributed by atoms with Crippen molar-refractivity contribution < 1.29 is 24.4 Å². The monoisotopic (exact) mass is 415 g/mol. The Hall–Kier alpha value is -3.76. The quantitative estimate of drug-likeness (QED) is 0.393. The van der Waals surface area contributed by atoms with E-state index in [1.165, 1.54) is 30.6 Å². The van der Waals surface area contributed by atoms with E-state index >= 15 is 0 Å². The Morgan fingerprint density at radius 2 is 1.93 bits per heavy atom. The van der Waals surface area contributed by atoms with Crippen molar-refractivity contribution in [1.29, 1.82) is 0 Å². The van der Waals surface area contributed by atoms with Gasteiger partial charge >= 0.3 is 17.6 Å². The number of nitrogens with one attached hydrogen (secondary N) is 1. The van der Waals surface area contributed by atoms with Gasteiger partial charge in [-0.1, -0.05) is 0 Å². The van der Waals surface area contributed by atoms with Crippen molar-refractivity contribution in [2.45, 2.75) is 19.8 Å². The largest absolute Gasteiger partial charge is 0.478 e. The van der Waals surface area contributed by atoms with Crippen LogP contribution in [0.2, 0.25) is 0 Å². The minimum absolute atomic E-state index is 0.000547. The van der Waals surface area contributed by atoms with E-state index in [1.807, 2.05) is 0 Å². The first kappa shape index (κ1) is 21.0. The summed E-state index contributed by atoms with van der Waals surface area (Å²) in [5.74, 6) is -1.38. The van der Waals surface area contributed by atoms with E-state index in [9.17, 15) is 19.7 Å². The third-order valence-electron chi connectivity index (χ3n) is 4.79. The number of rotatable bonds is 7. The average Bonchev–Trinajstić information content (AvgIpc) is 2.74. The van der Waals surface area contributed by atoms with Gasteiger partial charge in [0.2, 0.25) is 11.6 Å². The number of nitro groups is 1. The molecule has 0 radical (unpaired) electrons. The molecular weight excluding hydrogens is 394 g/mol. The van der Waals surface area contributed by atoms with Gasteiger partial charge in [0.1, 0.15) is 6.33 Å². The van der Waals surface area contributed by atoms with Crippen LogP contribution >= 0.6 is 0 Å². The third-order valence-corrected chi connectivity index (χ3v) is 4.79. The van der Waals surface area contributed by atoms with Gasteiger partial charge in [-0.05, 0) is 44.0 Å². The fraction of sp³-hybridized carbons (Fsp3) is 0.368. The fourth-order valence-corrected chi connectivity index (χ4v) is 3.28. The van der Waals surface area contributed by atoms with Gasteiger partial charge in [0.25, 0.3) is 0 Å². The zero-order valence-electron chi connectivity index (χ0n) is 16.3. The number of hydrogen-bond donors (Lipinski definition) is 2. The molecule has 1 aromatic heterocycles. The van der Waals surface area contributed by atoms with Gasteiger partial charge < -0.3 is 20.1 Å². The van der Waals surface area contributed by atoms with Crippen LogP contribution in [-0.4, -0.2) is 51.6 Å². The van der Waals surface area contributed by atoms with E-state index in [-0.39, 0.29) is 34.8 Å². The molecule has 1 aliphatic rings. The molecule has 1 saturated heterocycles. The van der Waals surface area contributed by atoms with Crippen molar-refractivity contribution in [3.63, 3.8) is 0 Å². The van der Waals surface area contributed by atoms with Gasteiger partial charge in [-0.15, -0.1) is 0 Å². The van der Waals surface area contributed by atoms with Crippen LogP contribution < -0.4 is 10.2 Å². The van der Waals surface area contributed by atoms with Crippen molar-refractivity contribution in [1.82, 2.24) is 9.97 Å². The van der Waals surface area contributed by atoms with Gasteiger partial charge in [-0.3, -0.25) is 14.9 Å². The standard InChI is InChI=1S/C19H21N5O6/c1-2-30-19(27)13-7-9-23(10-8-13)17-15(24(28)29)16(20-11-21-17)22-14-5-3-12(4-6-14)18(25)26/h3-6,11,13H,2,7-10H2,1H3,(H,25,26)(H,20,21,22). The minimum atomic E-state index is -1.07. The second kappa shape index (κ2) is 9.16. The molecule has 11 heteroatoms. The van der Waals surface area contributed by atoms with E-state index in [0.717, 1.165) is 0 Å². The normalized spacial score (nSPS) is 14.2. The van der Waals surface area contributed by atoms with Gasteiger partial charge in [0.15, 0.2) is 0 Å². The number of aromatic nitrogens is 2. The van der Waals surface area contributed by atoms with Crippen molar-refractivity contribution in [2.24, 2.45) is 5.92 Å². The number of hydrogen-bond acceptors (Lipinski definition) is 9. The Morgan fingerprint density at radius 3 is 2.50 bits per heavy atom.